The number of nitriles is 1. The van der Waals surface area contributed by atoms with E-state index in [1.54, 1.807) is 24.3 Å². The zero-order valence-corrected chi connectivity index (χ0v) is 15.0. The molecule has 0 aliphatic rings. The minimum absolute atomic E-state index is 0.226. The van der Waals surface area contributed by atoms with Gasteiger partial charge >= 0.3 is 0 Å². The van der Waals surface area contributed by atoms with Gasteiger partial charge in [0.05, 0.1) is 5.69 Å². The Bertz CT molecular complexity index is 914. The first kappa shape index (κ1) is 19.0. The van der Waals surface area contributed by atoms with Crippen LogP contribution in [0.3, 0.4) is 0 Å². The fourth-order valence-corrected chi connectivity index (χ4v) is 2.40. The Hall–Kier alpha value is -3.30. The van der Waals surface area contributed by atoms with Crippen LogP contribution in [-0.4, -0.2) is 11.8 Å². The molecule has 2 aromatic rings. The Morgan fingerprint density at radius 1 is 1.23 bits per heavy atom. The van der Waals surface area contributed by atoms with Crippen LogP contribution in [0.1, 0.15) is 12.5 Å². The monoisotopic (exact) mass is 368 g/mol. The summed E-state index contributed by atoms with van der Waals surface area (Å²) in [6.07, 6.45) is 1.26. The highest BCUT2D eigenvalue weighted by Gasteiger charge is 2.24. The number of nitrogens with two attached hydrogens (primary N) is 1. The molecule has 0 bridgehead atoms. The Kier molecular flexibility index (Phi) is 5.99. The van der Waals surface area contributed by atoms with Crippen molar-refractivity contribution in [2.24, 2.45) is 0 Å². The minimum atomic E-state index is -0.739. The number of halogens is 1. The fraction of sp³-hybridized carbons (Fsp3) is 0.105. The lowest BCUT2D eigenvalue weighted by atomic mass is 10.2. The maximum atomic E-state index is 12.7. The zero-order chi connectivity index (χ0) is 19.3. The molecule has 6 nitrogen and oxygen atoms in total. The van der Waals surface area contributed by atoms with Crippen LogP contribution in [-0.2, 0) is 9.59 Å². The lowest BCUT2D eigenvalue weighted by Crippen LogP contribution is -2.36. The topological polar surface area (TPSA) is 99.2 Å². The highest BCUT2D eigenvalue weighted by Crippen LogP contribution is 2.22. The molecule has 0 spiro atoms. The second-order valence-corrected chi connectivity index (χ2v) is 5.96. The van der Waals surface area contributed by atoms with Gasteiger partial charge in [0.15, 0.2) is 0 Å². The molecule has 26 heavy (non-hydrogen) atoms. The van der Waals surface area contributed by atoms with Crippen LogP contribution in [0.5, 0.6) is 0 Å². The maximum Gasteiger partial charge on any atom is 0.277 e. The Balaban J connectivity index is 2.33. The molecule has 0 fully saturated rings. The second-order valence-electron chi connectivity index (χ2n) is 5.52. The number of hydrogen-bond acceptors (Lipinski definition) is 5. The summed E-state index contributed by atoms with van der Waals surface area (Å²) in [5.41, 5.74) is 7.77. The third kappa shape index (κ3) is 4.41. The summed E-state index contributed by atoms with van der Waals surface area (Å²) < 4.78 is 0. The lowest BCUT2D eigenvalue weighted by Gasteiger charge is -2.19. The number of nitrogens with zero attached hydrogens (tertiary/aromatic N) is 2. The average molecular weight is 369 g/mol. The molecule has 0 heterocycles. The van der Waals surface area contributed by atoms with Crippen LogP contribution in [0.15, 0.2) is 54.2 Å². The second kappa shape index (κ2) is 8.19. The summed E-state index contributed by atoms with van der Waals surface area (Å²) in [7, 11) is 0. The molecule has 2 amide bonds. The van der Waals surface area contributed by atoms with Crippen LogP contribution in [0, 0.1) is 18.3 Å². The van der Waals surface area contributed by atoms with Gasteiger partial charge < -0.3 is 11.1 Å². The number of benzene rings is 2. The number of nitrogens with one attached hydrogen (secondary N) is 1. The Morgan fingerprint density at radius 2 is 1.88 bits per heavy atom. The molecule has 132 valence electrons. The number of imide groups is 1. The number of carbonyl (C=O) groups is 2. The van der Waals surface area contributed by atoms with E-state index >= 15 is 0 Å². The Morgan fingerprint density at radius 3 is 2.46 bits per heavy atom. The minimum Gasteiger partial charge on any atom is -0.399 e. The van der Waals surface area contributed by atoms with Gasteiger partial charge in [-0.2, -0.15) is 5.26 Å². The average Bonchev–Trinajstić information content (AvgIpc) is 2.60. The molecule has 0 aliphatic carbocycles. The predicted molar refractivity (Wildman–Crippen MR) is 103 cm³/mol. The SMILES string of the molecule is CC(=O)N(C(=O)/C(C#N)=C\Nc1cc(Cl)ccc1C)c1ccc(N)cc1. The molecule has 0 atom stereocenters. The zero-order valence-electron chi connectivity index (χ0n) is 14.3. The standard InChI is InChI=1S/C19H17ClN4O2/c1-12-3-4-15(20)9-18(12)23-11-14(10-21)19(26)24(13(2)25)17-7-5-16(22)6-8-17/h3-9,11,23H,22H2,1-2H3/b14-11-. The van der Waals surface area contributed by atoms with Crippen LogP contribution in [0.25, 0.3) is 0 Å². The van der Waals surface area contributed by atoms with Crippen molar-refractivity contribution in [3.8, 4) is 6.07 Å². The number of carbonyl (C=O) groups excluding carboxylic acids is 2. The smallest absolute Gasteiger partial charge is 0.277 e. The molecule has 0 aliphatic heterocycles. The maximum absolute atomic E-state index is 12.7. The number of aryl methyl sites for hydroxylation is 1. The van der Waals surface area contributed by atoms with Gasteiger partial charge in [-0.1, -0.05) is 17.7 Å². The molecule has 0 radical (unpaired) electrons. The van der Waals surface area contributed by atoms with Gasteiger partial charge in [0.2, 0.25) is 5.91 Å². The number of hydrogen-bond donors (Lipinski definition) is 2. The van der Waals surface area contributed by atoms with Crippen LogP contribution >= 0.6 is 11.6 Å². The van der Waals surface area contributed by atoms with Crippen molar-refractivity contribution in [1.82, 2.24) is 0 Å². The van der Waals surface area contributed by atoms with Crippen molar-refractivity contribution in [2.75, 3.05) is 16.0 Å². The molecule has 0 saturated heterocycles. The number of nitrogen functional groups attached to an aromatic ring is 1. The van der Waals surface area contributed by atoms with Crippen LogP contribution < -0.4 is 16.0 Å². The van der Waals surface area contributed by atoms with Gasteiger partial charge in [-0.3, -0.25) is 9.59 Å². The van der Waals surface area contributed by atoms with E-state index in [1.807, 2.05) is 19.1 Å². The van der Waals surface area contributed by atoms with Crippen molar-refractivity contribution in [2.45, 2.75) is 13.8 Å². The first-order chi connectivity index (χ1) is 12.3. The van der Waals surface area contributed by atoms with Gasteiger partial charge in [0.1, 0.15) is 11.6 Å². The van der Waals surface area contributed by atoms with E-state index < -0.39 is 11.8 Å². The van der Waals surface area contributed by atoms with E-state index in [0.717, 1.165) is 10.5 Å². The highest BCUT2D eigenvalue weighted by atomic mass is 35.5. The molecule has 2 aromatic carbocycles. The predicted octanol–water partition coefficient (Wildman–Crippen LogP) is 3.63. The van der Waals surface area contributed by atoms with Crippen molar-refractivity contribution in [3.63, 3.8) is 0 Å². The first-order valence-electron chi connectivity index (χ1n) is 7.67. The third-order valence-corrected chi connectivity index (χ3v) is 3.83. The van der Waals surface area contributed by atoms with Crippen molar-refractivity contribution in [3.05, 3.63) is 64.8 Å². The number of amides is 2. The van der Waals surface area contributed by atoms with E-state index in [4.69, 9.17) is 17.3 Å². The summed E-state index contributed by atoms with van der Waals surface area (Å²) in [6.45, 7) is 3.11. The Labute approximate surface area is 156 Å². The fourth-order valence-electron chi connectivity index (χ4n) is 2.23. The largest absolute Gasteiger partial charge is 0.399 e. The molecule has 2 rings (SSSR count). The van der Waals surface area contributed by atoms with Gasteiger partial charge in [-0.25, -0.2) is 4.90 Å². The van der Waals surface area contributed by atoms with E-state index in [9.17, 15) is 14.9 Å². The van der Waals surface area contributed by atoms with Crippen molar-refractivity contribution in [1.29, 1.82) is 5.26 Å². The van der Waals surface area contributed by atoms with Crippen LogP contribution in [0.2, 0.25) is 5.02 Å². The third-order valence-electron chi connectivity index (χ3n) is 3.59. The summed E-state index contributed by atoms with van der Waals surface area (Å²) in [5, 5.41) is 12.8. The summed E-state index contributed by atoms with van der Waals surface area (Å²) in [6, 6.07) is 13.3. The lowest BCUT2D eigenvalue weighted by molar-refractivity contribution is -0.123. The molecule has 7 heteroatoms. The molecule has 3 N–H and O–H groups in total. The number of rotatable bonds is 4. The quantitative estimate of drug-likeness (QED) is 0.487. The summed E-state index contributed by atoms with van der Waals surface area (Å²) >= 11 is 5.96. The van der Waals surface area contributed by atoms with Gasteiger partial charge in [-0.05, 0) is 48.9 Å². The van der Waals surface area contributed by atoms with E-state index in [-0.39, 0.29) is 5.57 Å². The van der Waals surface area contributed by atoms with Gasteiger partial charge in [-0.15, -0.1) is 0 Å². The van der Waals surface area contributed by atoms with Crippen LogP contribution in [0.4, 0.5) is 17.1 Å². The normalized spacial score (nSPS) is 10.8. The number of anilines is 3. The van der Waals surface area contributed by atoms with E-state index in [1.165, 1.54) is 25.3 Å². The summed E-state index contributed by atoms with van der Waals surface area (Å²) in [4.78, 5) is 25.6. The highest BCUT2D eigenvalue weighted by molar-refractivity contribution is 6.30. The molecule has 0 saturated carbocycles. The summed E-state index contributed by atoms with van der Waals surface area (Å²) in [5.74, 6) is -1.25. The first-order valence-corrected chi connectivity index (χ1v) is 8.05. The molecular formula is C19H17ClN4O2. The van der Waals surface area contributed by atoms with Gasteiger partial charge in [0.25, 0.3) is 5.91 Å². The van der Waals surface area contributed by atoms with E-state index in [2.05, 4.69) is 5.32 Å². The molecular weight excluding hydrogens is 352 g/mol. The molecule has 0 unspecified atom stereocenters. The van der Waals surface area contributed by atoms with E-state index in [0.29, 0.717) is 22.1 Å². The molecule has 0 aromatic heterocycles. The van der Waals surface area contributed by atoms with Crippen molar-refractivity contribution < 1.29 is 9.59 Å². The van der Waals surface area contributed by atoms with Gasteiger partial charge in [0, 0.05) is 29.5 Å². The van der Waals surface area contributed by atoms with Crippen molar-refractivity contribution >= 4 is 40.5 Å².